The van der Waals surface area contributed by atoms with Crippen molar-refractivity contribution in [3.8, 4) is 0 Å². The van der Waals surface area contributed by atoms with Crippen molar-refractivity contribution in [2.45, 2.75) is 51.6 Å². The summed E-state index contributed by atoms with van der Waals surface area (Å²) >= 11 is 0. The van der Waals surface area contributed by atoms with E-state index in [9.17, 15) is 4.79 Å². The van der Waals surface area contributed by atoms with Crippen LogP contribution >= 0.6 is 0 Å². The first-order valence-corrected chi connectivity index (χ1v) is 7.35. The molecule has 0 heterocycles. The molecule has 4 aliphatic carbocycles. The highest BCUT2D eigenvalue weighted by Crippen LogP contribution is 2.59. The van der Waals surface area contributed by atoms with Gasteiger partial charge in [-0.1, -0.05) is 0 Å². The van der Waals surface area contributed by atoms with Crippen LogP contribution in [-0.2, 0) is 14.3 Å². The summed E-state index contributed by atoms with van der Waals surface area (Å²) in [6.45, 7) is 4.70. The van der Waals surface area contributed by atoms with Gasteiger partial charge in [0.15, 0.2) is 0 Å². The molecule has 0 amide bonds. The van der Waals surface area contributed by atoms with Gasteiger partial charge in [0.2, 0.25) is 0 Å². The second-order valence-corrected chi connectivity index (χ2v) is 6.68. The molecule has 0 aromatic carbocycles. The van der Waals surface area contributed by atoms with Gasteiger partial charge in [-0.15, -0.1) is 0 Å². The molecule has 4 aliphatic rings. The molecule has 0 aliphatic heterocycles. The predicted octanol–water partition coefficient (Wildman–Crippen LogP) is 2.78. The van der Waals surface area contributed by atoms with Gasteiger partial charge in [0.25, 0.3) is 0 Å². The van der Waals surface area contributed by atoms with Crippen LogP contribution in [0, 0.1) is 23.7 Å². The lowest BCUT2D eigenvalue weighted by atomic mass is 9.50. The zero-order valence-electron chi connectivity index (χ0n) is 11.5. The minimum atomic E-state index is -0.214. The zero-order valence-corrected chi connectivity index (χ0v) is 11.5. The fourth-order valence-electron chi connectivity index (χ4n) is 4.80. The molecule has 0 atom stereocenters. The van der Waals surface area contributed by atoms with Crippen LogP contribution in [0.15, 0.2) is 0 Å². The fourth-order valence-corrected chi connectivity index (χ4v) is 4.80. The highest BCUT2D eigenvalue weighted by Gasteiger charge is 2.55. The van der Waals surface area contributed by atoms with Gasteiger partial charge in [-0.3, -0.25) is 4.79 Å². The van der Waals surface area contributed by atoms with Gasteiger partial charge < -0.3 is 9.47 Å². The molecule has 0 unspecified atom stereocenters. The Morgan fingerprint density at radius 2 is 1.61 bits per heavy atom. The van der Waals surface area contributed by atoms with Crippen LogP contribution in [0.1, 0.15) is 46.0 Å². The smallest absolute Gasteiger partial charge is 0.302 e. The van der Waals surface area contributed by atoms with Crippen LogP contribution in [0.3, 0.4) is 0 Å². The van der Waals surface area contributed by atoms with Gasteiger partial charge >= 0.3 is 5.97 Å². The van der Waals surface area contributed by atoms with Crippen molar-refractivity contribution in [2.75, 3.05) is 13.2 Å². The maximum absolute atomic E-state index is 10.7. The molecule has 3 nitrogen and oxygen atoms in total. The third-order valence-corrected chi connectivity index (χ3v) is 5.56. The SMILES string of the molecule is CC(=O)OCCOC1(C)C2CC3CC(C2)CC1C3. The summed E-state index contributed by atoms with van der Waals surface area (Å²) < 4.78 is 11.1. The lowest BCUT2D eigenvalue weighted by molar-refractivity contribution is -0.199. The molecule has 18 heavy (non-hydrogen) atoms. The Bertz CT molecular complexity index is 309. The highest BCUT2D eigenvalue weighted by atomic mass is 16.6. The van der Waals surface area contributed by atoms with Gasteiger partial charge in [-0.05, 0) is 62.7 Å². The molecule has 0 radical (unpaired) electrons. The standard InChI is InChI=1S/C15H24O3/c1-10(16)17-3-4-18-15(2)13-6-11-5-12(8-13)9-14(15)7-11/h11-14H,3-9H2,1-2H3. The van der Waals surface area contributed by atoms with Crippen LogP contribution in [0.5, 0.6) is 0 Å². The van der Waals surface area contributed by atoms with E-state index in [1.165, 1.54) is 39.0 Å². The largest absolute Gasteiger partial charge is 0.463 e. The van der Waals surface area contributed by atoms with Crippen molar-refractivity contribution in [1.82, 2.24) is 0 Å². The Morgan fingerprint density at radius 1 is 1.06 bits per heavy atom. The van der Waals surface area contributed by atoms with E-state index < -0.39 is 0 Å². The van der Waals surface area contributed by atoms with Gasteiger partial charge in [-0.25, -0.2) is 0 Å². The number of esters is 1. The number of carbonyl (C=O) groups is 1. The van der Waals surface area contributed by atoms with E-state index in [2.05, 4.69) is 6.92 Å². The minimum absolute atomic E-state index is 0.0492. The molecule has 0 spiro atoms. The molecular weight excluding hydrogens is 228 g/mol. The van der Waals surface area contributed by atoms with E-state index in [1.807, 2.05) is 0 Å². The number of carbonyl (C=O) groups excluding carboxylic acids is 1. The lowest BCUT2D eigenvalue weighted by Crippen LogP contribution is -2.57. The Balaban J connectivity index is 1.58. The molecule has 0 N–H and O–H groups in total. The van der Waals surface area contributed by atoms with Crippen LogP contribution < -0.4 is 0 Å². The first-order valence-electron chi connectivity index (χ1n) is 7.35. The fraction of sp³-hybridized carbons (Fsp3) is 0.933. The predicted molar refractivity (Wildman–Crippen MR) is 68.0 cm³/mol. The summed E-state index contributed by atoms with van der Waals surface area (Å²) in [6, 6.07) is 0. The third-order valence-electron chi connectivity index (χ3n) is 5.56. The lowest BCUT2D eigenvalue weighted by Gasteiger charge is -2.59. The molecule has 4 saturated carbocycles. The normalized spacial score (nSPS) is 45.2. The molecule has 102 valence electrons. The molecular formula is C15H24O3. The number of hydrogen-bond acceptors (Lipinski definition) is 3. The van der Waals surface area contributed by atoms with E-state index in [4.69, 9.17) is 9.47 Å². The van der Waals surface area contributed by atoms with E-state index in [-0.39, 0.29) is 11.6 Å². The molecule has 0 saturated heterocycles. The maximum Gasteiger partial charge on any atom is 0.302 e. The number of ether oxygens (including phenoxy) is 2. The van der Waals surface area contributed by atoms with Gasteiger partial charge in [-0.2, -0.15) is 0 Å². The van der Waals surface area contributed by atoms with Crippen LogP contribution in [0.2, 0.25) is 0 Å². The number of rotatable bonds is 4. The quantitative estimate of drug-likeness (QED) is 0.570. The second kappa shape index (κ2) is 4.52. The Labute approximate surface area is 109 Å². The average molecular weight is 252 g/mol. The third kappa shape index (κ3) is 2.07. The van der Waals surface area contributed by atoms with E-state index in [0.29, 0.717) is 13.2 Å². The topological polar surface area (TPSA) is 35.5 Å². The van der Waals surface area contributed by atoms with E-state index >= 15 is 0 Å². The Morgan fingerprint density at radius 3 is 2.11 bits per heavy atom. The Kier molecular flexibility index (Phi) is 3.13. The van der Waals surface area contributed by atoms with Crippen molar-refractivity contribution in [3.63, 3.8) is 0 Å². The molecule has 0 aromatic heterocycles. The summed E-state index contributed by atoms with van der Waals surface area (Å²) in [4.78, 5) is 10.7. The van der Waals surface area contributed by atoms with Crippen molar-refractivity contribution in [3.05, 3.63) is 0 Å². The molecule has 4 bridgehead atoms. The summed E-state index contributed by atoms with van der Waals surface area (Å²) in [5.41, 5.74) is 0.0492. The number of hydrogen-bond donors (Lipinski definition) is 0. The zero-order chi connectivity index (χ0) is 12.8. The van der Waals surface area contributed by atoms with Crippen LogP contribution in [0.25, 0.3) is 0 Å². The second-order valence-electron chi connectivity index (χ2n) is 6.68. The molecule has 4 rings (SSSR count). The van der Waals surface area contributed by atoms with Gasteiger partial charge in [0.05, 0.1) is 12.2 Å². The summed E-state index contributed by atoms with van der Waals surface area (Å²) in [5.74, 6) is 3.21. The van der Waals surface area contributed by atoms with E-state index in [1.54, 1.807) is 0 Å². The highest BCUT2D eigenvalue weighted by molar-refractivity contribution is 5.65. The van der Waals surface area contributed by atoms with Crippen molar-refractivity contribution in [1.29, 1.82) is 0 Å². The minimum Gasteiger partial charge on any atom is -0.463 e. The Hall–Kier alpha value is -0.570. The summed E-state index contributed by atoms with van der Waals surface area (Å²) in [6.07, 6.45) is 6.90. The maximum atomic E-state index is 10.7. The van der Waals surface area contributed by atoms with Crippen LogP contribution in [0.4, 0.5) is 0 Å². The van der Waals surface area contributed by atoms with Crippen molar-refractivity contribution >= 4 is 5.97 Å². The molecule has 3 heteroatoms. The summed E-state index contributed by atoms with van der Waals surface area (Å²) in [7, 11) is 0. The molecule has 4 fully saturated rings. The first kappa shape index (κ1) is 12.5. The average Bonchev–Trinajstić information content (AvgIpc) is 2.31. The monoisotopic (exact) mass is 252 g/mol. The van der Waals surface area contributed by atoms with Crippen molar-refractivity contribution in [2.24, 2.45) is 23.7 Å². The summed E-state index contributed by atoms with van der Waals surface area (Å²) in [5, 5.41) is 0. The van der Waals surface area contributed by atoms with Crippen molar-refractivity contribution < 1.29 is 14.3 Å². The first-order chi connectivity index (χ1) is 8.58. The van der Waals surface area contributed by atoms with Crippen LogP contribution in [-0.4, -0.2) is 24.8 Å². The van der Waals surface area contributed by atoms with Gasteiger partial charge in [0, 0.05) is 6.92 Å². The molecule has 0 aromatic rings. The van der Waals surface area contributed by atoms with E-state index in [0.717, 1.165) is 23.7 Å². The van der Waals surface area contributed by atoms with Gasteiger partial charge in [0.1, 0.15) is 6.61 Å².